The van der Waals surface area contributed by atoms with Gasteiger partial charge in [0.15, 0.2) is 0 Å². The minimum absolute atomic E-state index is 0.154. The second kappa shape index (κ2) is 5.69. The van der Waals surface area contributed by atoms with E-state index in [9.17, 15) is 9.50 Å². The first-order valence-electron chi connectivity index (χ1n) is 6.72. The maximum atomic E-state index is 13.1. The van der Waals surface area contributed by atoms with E-state index in [-0.39, 0.29) is 6.10 Å². The van der Waals surface area contributed by atoms with Gasteiger partial charge in [-0.05, 0) is 23.6 Å². The van der Waals surface area contributed by atoms with Crippen molar-refractivity contribution in [1.29, 1.82) is 0 Å². The Hall–Kier alpha value is -1.78. The van der Waals surface area contributed by atoms with Crippen molar-refractivity contribution in [1.82, 2.24) is 4.98 Å². The molecule has 1 N–H and O–H groups in total. The number of aromatic nitrogens is 1. The Labute approximate surface area is 117 Å². The number of benzene rings is 1. The molecule has 2 unspecified atom stereocenters. The molecule has 104 valence electrons. The maximum Gasteiger partial charge on any atom is 0.141 e. The quantitative estimate of drug-likeness (QED) is 0.935. The van der Waals surface area contributed by atoms with Crippen LogP contribution in [0.25, 0.3) is 0 Å². The first kappa shape index (κ1) is 13.2. The van der Waals surface area contributed by atoms with Crippen molar-refractivity contribution in [3.8, 4) is 0 Å². The number of halogens is 1. The molecule has 0 bridgehead atoms. The number of hydrogen-bond acceptors (Lipinski definition) is 3. The Balaban J connectivity index is 1.79. The van der Waals surface area contributed by atoms with Gasteiger partial charge >= 0.3 is 0 Å². The van der Waals surface area contributed by atoms with Crippen LogP contribution in [-0.2, 0) is 11.2 Å². The van der Waals surface area contributed by atoms with Gasteiger partial charge in [0.1, 0.15) is 5.82 Å². The van der Waals surface area contributed by atoms with Crippen molar-refractivity contribution in [3.05, 3.63) is 65.2 Å². The van der Waals surface area contributed by atoms with Crippen LogP contribution in [0.2, 0.25) is 0 Å². The molecule has 1 aromatic carbocycles. The molecule has 3 nitrogen and oxygen atoms in total. The molecule has 0 aliphatic carbocycles. The number of aliphatic hydroxyl groups is 1. The second-order valence-corrected chi connectivity index (χ2v) is 5.00. The fourth-order valence-electron chi connectivity index (χ4n) is 2.62. The molecule has 0 spiro atoms. The number of aliphatic hydroxyl groups excluding tert-OH is 1. The average molecular weight is 273 g/mol. The van der Waals surface area contributed by atoms with Gasteiger partial charge in [-0.3, -0.25) is 4.98 Å². The van der Waals surface area contributed by atoms with E-state index in [1.165, 1.54) is 17.8 Å². The highest BCUT2D eigenvalue weighted by Gasteiger charge is 2.24. The van der Waals surface area contributed by atoms with Gasteiger partial charge in [-0.25, -0.2) is 4.39 Å². The molecule has 2 atom stereocenters. The maximum absolute atomic E-state index is 13.1. The zero-order chi connectivity index (χ0) is 13.9. The molecule has 0 saturated carbocycles. The molecule has 0 fully saturated rings. The Morgan fingerprint density at radius 3 is 3.05 bits per heavy atom. The van der Waals surface area contributed by atoms with Crippen molar-refractivity contribution < 1.29 is 14.2 Å². The first-order chi connectivity index (χ1) is 9.74. The van der Waals surface area contributed by atoms with E-state index >= 15 is 0 Å². The van der Waals surface area contributed by atoms with Crippen LogP contribution in [0.4, 0.5) is 4.39 Å². The topological polar surface area (TPSA) is 42.4 Å². The van der Waals surface area contributed by atoms with Crippen LogP contribution < -0.4 is 0 Å². The molecular weight excluding hydrogens is 257 g/mol. The van der Waals surface area contributed by atoms with E-state index in [4.69, 9.17) is 4.74 Å². The third kappa shape index (κ3) is 2.71. The van der Waals surface area contributed by atoms with Crippen LogP contribution in [0.3, 0.4) is 0 Å². The minimum Gasteiger partial charge on any atom is -0.388 e. The molecule has 0 radical (unpaired) electrons. The van der Waals surface area contributed by atoms with Gasteiger partial charge in [0.25, 0.3) is 0 Å². The van der Waals surface area contributed by atoms with Gasteiger partial charge < -0.3 is 9.84 Å². The Morgan fingerprint density at radius 1 is 1.35 bits per heavy atom. The lowest BCUT2D eigenvalue weighted by molar-refractivity contribution is 0.00363. The van der Waals surface area contributed by atoms with E-state index in [1.54, 1.807) is 0 Å². The van der Waals surface area contributed by atoms with Crippen LogP contribution >= 0.6 is 0 Å². The van der Waals surface area contributed by atoms with Gasteiger partial charge in [0.05, 0.1) is 25.0 Å². The van der Waals surface area contributed by atoms with Crippen LogP contribution in [0.5, 0.6) is 0 Å². The van der Waals surface area contributed by atoms with E-state index in [2.05, 4.69) is 11.1 Å². The number of nitrogens with zero attached hydrogens (tertiary/aromatic N) is 1. The molecule has 2 aromatic rings. The summed E-state index contributed by atoms with van der Waals surface area (Å²) in [5.74, 6) is -0.438. The lowest BCUT2D eigenvalue weighted by atomic mass is 9.93. The summed E-state index contributed by atoms with van der Waals surface area (Å²) in [5, 5.41) is 10.2. The minimum atomic E-state index is -0.783. The number of pyridine rings is 1. The summed E-state index contributed by atoms with van der Waals surface area (Å²) < 4.78 is 18.9. The monoisotopic (exact) mass is 273 g/mol. The largest absolute Gasteiger partial charge is 0.388 e. The summed E-state index contributed by atoms with van der Waals surface area (Å²) >= 11 is 0. The molecule has 2 heterocycles. The van der Waals surface area contributed by atoms with Crippen molar-refractivity contribution >= 4 is 0 Å². The zero-order valence-corrected chi connectivity index (χ0v) is 11.0. The number of rotatable bonds is 3. The Bertz CT molecular complexity index is 603. The number of fused-ring (bicyclic) bond motifs is 1. The highest BCUT2D eigenvalue weighted by Crippen LogP contribution is 2.34. The Morgan fingerprint density at radius 2 is 2.20 bits per heavy atom. The number of hydrogen-bond donors (Lipinski definition) is 1. The van der Waals surface area contributed by atoms with Gasteiger partial charge in [0.2, 0.25) is 0 Å². The summed E-state index contributed by atoms with van der Waals surface area (Å²) in [7, 11) is 0. The fourth-order valence-corrected chi connectivity index (χ4v) is 2.62. The normalized spacial score (nSPS) is 19.4. The van der Waals surface area contributed by atoms with Crippen molar-refractivity contribution in [2.45, 2.75) is 25.0 Å². The van der Waals surface area contributed by atoms with Gasteiger partial charge in [-0.2, -0.15) is 0 Å². The predicted molar refractivity (Wildman–Crippen MR) is 72.6 cm³/mol. The summed E-state index contributed by atoms with van der Waals surface area (Å²) in [5.41, 5.74) is 2.85. The summed E-state index contributed by atoms with van der Waals surface area (Å²) in [4.78, 5) is 3.77. The van der Waals surface area contributed by atoms with E-state index < -0.39 is 11.9 Å². The molecule has 0 saturated heterocycles. The summed E-state index contributed by atoms with van der Waals surface area (Å²) in [6, 6.07) is 9.40. The molecule has 1 aliphatic rings. The second-order valence-electron chi connectivity index (χ2n) is 5.00. The molecule has 4 heteroatoms. The van der Waals surface area contributed by atoms with Crippen molar-refractivity contribution in [2.24, 2.45) is 0 Å². The van der Waals surface area contributed by atoms with E-state index in [0.717, 1.165) is 18.2 Å². The smallest absolute Gasteiger partial charge is 0.141 e. The van der Waals surface area contributed by atoms with Crippen LogP contribution in [-0.4, -0.2) is 16.7 Å². The number of ether oxygens (including phenoxy) is 1. The lowest BCUT2D eigenvalue weighted by Gasteiger charge is -2.27. The van der Waals surface area contributed by atoms with Crippen LogP contribution in [0, 0.1) is 5.82 Å². The average Bonchev–Trinajstić information content (AvgIpc) is 2.47. The molecule has 1 aromatic heterocycles. The predicted octanol–water partition coefficient (Wildman–Crippen LogP) is 2.96. The van der Waals surface area contributed by atoms with Crippen molar-refractivity contribution in [2.75, 3.05) is 6.61 Å². The van der Waals surface area contributed by atoms with E-state index in [0.29, 0.717) is 18.6 Å². The summed E-state index contributed by atoms with van der Waals surface area (Å²) in [6.07, 6.45) is 2.98. The van der Waals surface area contributed by atoms with Crippen LogP contribution in [0.15, 0.2) is 42.7 Å². The molecule has 20 heavy (non-hydrogen) atoms. The molecule has 0 amide bonds. The third-order valence-corrected chi connectivity index (χ3v) is 3.64. The highest BCUT2D eigenvalue weighted by atomic mass is 19.1. The molecule has 1 aliphatic heterocycles. The highest BCUT2D eigenvalue weighted by molar-refractivity contribution is 5.31. The molecular formula is C16H16FNO2. The third-order valence-electron chi connectivity index (χ3n) is 3.64. The SMILES string of the molecule is OC(CC1OCCc2ccccc21)c1cncc(F)c1. The summed E-state index contributed by atoms with van der Waals surface area (Å²) in [6.45, 7) is 0.649. The van der Waals surface area contributed by atoms with Crippen LogP contribution in [0.1, 0.15) is 35.3 Å². The Kier molecular flexibility index (Phi) is 3.76. The standard InChI is InChI=1S/C16H16FNO2/c17-13-7-12(9-18-10-13)15(19)8-16-14-4-2-1-3-11(14)5-6-20-16/h1-4,7,9-10,15-16,19H,5-6,8H2. The van der Waals surface area contributed by atoms with Crippen molar-refractivity contribution in [3.63, 3.8) is 0 Å². The molecule has 3 rings (SSSR count). The first-order valence-corrected chi connectivity index (χ1v) is 6.72. The van der Waals surface area contributed by atoms with E-state index in [1.807, 2.05) is 18.2 Å². The zero-order valence-electron chi connectivity index (χ0n) is 11.0. The van der Waals surface area contributed by atoms with Gasteiger partial charge in [-0.15, -0.1) is 0 Å². The van der Waals surface area contributed by atoms with Gasteiger partial charge in [-0.1, -0.05) is 24.3 Å². The van der Waals surface area contributed by atoms with Gasteiger partial charge in [0, 0.05) is 18.2 Å². The lowest BCUT2D eigenvalue weighted by Crippen LogP contribution is -2.18. The fraction of sp³-hybridized carbons (Fsp3) is 0.312.